The molecule has 3 aromatic carbocycles. The summed E-state index contributed by atoms with van der Waals surface area (Å²) in [6, 6.07) is 19.0. The molecular weight excluding hydrogens is 472 g/mol. The van der Waals surface area contributed by atoms with Crippen molar-refractivity contribution in [3.8, 4) is 5.69 Å². The lowest BCUT2D eigenvalue weighted by Gasteiger charge is -2.24. The average Bonchev–Trinajstić information content (AvgIpc) is 2.79. The first kappa shape index (κ1) is 23.9. The quantitative estimate of drug-likeness (QED) is 0.361. The van der Waals surface area contributed by atoms with Gasteiger partial charge in [0.2, 0.25) is 10.0 Å². The summed E-state index contributed by atoms with van der Waals surface area (Å²) in [5.41, 5.74) is 6.93. The summed E-state index contributed by atoms with van der Waals surface area (Å²) in [4.78, 5) is 18.4. The van der Waals surface area contributed by atoms with E-state index in [1.165, 1.54) is 28.8 Å². The number of rotatable bonds is 7. The molecule has 176 valence electrons. The van der Waals surface area contributed by atoms with E-state index in [1.807, 2.05) is 13.8 Å². The summed E-state index contributed by atoms with van der Waals surface area (Å²) in [7, 11) is -3.92. The Morgan fingerprint density at radius 2 is 1.65 bits per heavy atom. The predicted octanol–water partition coefficient (Wildman–Crippen LogP) is 4.69. The molecule has 9 heteroatoms. The summed E-state index contributed by atoms with van der Waals surface area (Å²) in [6.07, 6.45) is 0.423. The van der Waals surface area contributed by atoms with Crippen LogP contribution in [0.1, 0.15) is 32.1 Å². The van der Waals surface area contributed by atoms with Crippen molar-refractivity contribution >= 4 is 38.2 Å². The molecule has 0 aliphatic carbocycles. The molecular formula is C25H25ClN4O3S. The Bertz CT molecular complexity index is 1480. The predicted molar refractivity (Wildman–Crippen MR) is 136 cm³/mol. The summed E-state index contributed by atoms with van der Waals surface area (Å²) in [5, 5.41) is 0.959. The molecule has 0 amide bonds. The number of fused-ring (bicyclic) bond motifs is 1. The molecule has 1 heterocycles. The molecule has 0 bridgehead atoms. The molecule has 0 aliphatic rings. The lowest BCUT2D eigenvalue weighted by Crippen LogP contribution is -2.35. The third-order valence-corrected chi connectivity index (χ3v) is 7.13. The molecule has 0 spiro atoms. The van der Waals surface area contributed by atoms with Crippen molar-refractivity contribution in [2.75, 3.05) is 5.73 Å². The van der Waals surface area contributed by atoms with Gasteiger partial charge >= 0.3 is 0 Å². The summed E-state index contributed by atoms with van der Waals surface area (Å²) in [6.45, 7) is 3.96. The van der Waals surface area contributed by atoms with Crippen molar-refractivity contribution in [1.29, 1.82) is 0 Å². The van der Waals surface area contributed by atoms with E-state index in [0.717, 1.165) is 0 Å². The van der Waals surface area contributed by atoms with Gasteiger partial charge in [0.1, 0.15) is 5.82 Å². The SMILES string of the molecule is CC(C)CC(NS(=O)(=O)c1ccc(N)cc1)c1nc2ccccc2c(=O)n1-c1ccc(Cl)cc1. The summed E-state index contributed by atoms with van der Waals surface area (Å²) >= 11 is 6.07. The van der Waals surface area contributed by atoms with Gasteiger partial charge in [0.05, 0.1) is 27.5 Å². The van der Waals surface area contributed by atoms with Crippen LogP contribution >= 0.6 is 11.6 Å². The van der Waals surface area contributed by atoms with E-state index in [-0.39, 0.29) is 16.4 Å². The Morgan fingerprint density at radius 3 is 2.29 bits per heavy atom. The second-order valence-electron chi connectivity index (χ2n) is 8.48. The van der Waals surface area contributed by atoms with E-state index in [1.54, 1.807) is 48.5 Å². The van der Waals surface area contributed by atoms with Crippen molar-refractivity contribution in [3.63, 3.8) is 0 Å². The van der Waals surface area contributed by atoms with E-state index in [0.29, 0.717) is 39.5 Å². The zero-order valence-corrected chi connectivity index (χ0v) is 20.3. The molecule has 0 saturated carbocycles. The van der Waals surface area contributed by atoms with Crippen LogP contribution in [0.2, 0.25) is 5.02 Å². The van der Waals surface area contributed by atoms with Crippen LogP contribution in [0.4, 0.5) is 5.69 Å². The fourth-order valence-electron chi connectivity index (χ4n) is 3.80. The molecule has 1 unspecified atom stereocenters. The zero-order chi connectivity index (χ0) is 24.5. The van der Waals surface area contributed by atoms with Gasteiger partial charge in [-0.05, 0) is 73.0 Å². The Morgan fingerprint density at radius 1 is 1.00 bits per heavy atom. The van der Waals surface area contributed by atoms with Crippen LogP contribution in [0.5, 0.6) is 0 Å². The van der Waals surface area contributed by atoms with E-state index in [4.69, 9.17) is 22.3 Å². The Balaban J connectivity index is 1.92. The number of hydrogen-bond acceptors (Lipinski definition) is 5. The normalized spacial score (nSPS) is 12.8. The minimum atomic E-state index is -3.92. The van der Waals surface area contributed by atoms with Crippen LogP contribution < -0.4 is 16.0 Å². The first-order valence-corrected chi connectivity index (χ1v) is 12.7. The van der Waals surface area contributed by atoms with Gasteiger partial charge in [0.25, 0.3) is 5.56 Å². The molecule has 7 nitrogen and oxygen atoms in total. The average molecular weight is 497 g/mol. The van der Waals surface area contributed by atoms with Gasteiger partial charge in [-0.15, -0.1) is 0 Å². The van der Waals surface area contributed by atoms with Gasteiger partial charge in [-0.2, -0.15) is 0 Å². The molecule has 0 saturated heterocycles. The van der Waals surface area contributed by atoms with Gasteiger partial charge in [-0.1, -0.05) is 37.6 Å². The number of halogens is 1. The van der Waals surface area contributed by atoms with Gasteiger partial charge in [-0.25, -0.2) is 18.1 Å². The van der Waals surface area contributed by atoms with E-state index in [9.17, 15) is 13.2 Å². The highest BCUT2D eigenvalue weighted by Gasteiger charge is 2.27. The molecule has 4 aromatic rings. The highest BCUT2D eigenvalue weighted by molar-refractivity contribution is 7.89. The number of aromatic nitrogens is 2. The molecule has 4 rings (SSSR count). The minimum Gasteiger partial charge on any atom is -0.399 e. The van der Waals surface area contributed by atoms with Crippen molar-refractivity contribution in [2.24, 2.45) is 5.92 Å². The van der Waals surface area contributed by atoms with Crippen molar-refractivity contribution in [3.05, 3.63) is 94.0 Å². The fourth-order valence-corrected chi connectivity index (χ4v) is 5.14. The minimum absolute atomic E-state index is 0.0802. The standard InChI is InChI=1S/C25H25ClN4O3S/c1-16(2)15-23(29-34(32,33)20-13-9-18(27)10-14-20)24-28-22-6-4-3-5-21(22)25(31)30(24)19-11-7-17(26)8-12-19/h3-14,16,23,29H,15,27H2,1-2H3. The zero-order valence-electron chi connectivity index (χ0n) is 18.8. The second kappa shape index (κ2) is 9.58. The highest BCUT2D eigenvalue weighted by Crippen LogP contribution is 2.26. The van der Waals surface area contributed by atoms with Crippen LogP contribution in [-0.2, 0) is 10.0 Å². The molecule has 3 N–H and O–H groups in total. The highest BCUT2D eigenvalue weighted by atomic mass is 35.5. The smallest absolute Gasteiger partial charge is 0.266 e. The van der Waals surface area contributed by atoms with Gasteiger partial charge in [-0.3, -0.25) is 9.36 Å². The van der Waals surface area contributed by atoms with Crippen LogP contribution in [0.25, 0.3) is 16.6 Å². The maximum absolute atomic E-state index is 13.6. The number of nitrogens with one attached hydrogen (secondary N) is 1. The lowest BCUT2D eigenvalue weighted by molar-refractivity contribution is 0.450. The van der Waals surface area contributed by atoms with Crippen molar-refractivity contribution in [2.45, 2.75) is 31.2 Å². The van der Waals surface area contributed by atoms with Crippen LogP contribution in [0.15, 0.2) is 82.5 Å². The fraction of sp³-hybridized carbons (Fsp3) is 0.200. The van der Waals surface area contributed by atoms with Crippen molar-refractivity contribution < 1.29 is 8.42 Å². The Labute approximate surface area is 203 Å². The largest absolute Gasteiger partial charge is 0.399 e. The number of nitrogens with zero attached hydrogens (tertiary/aromatic N) is 2. The number of hydrogen-bond donors (Lipinski definition) is 2. The van der Waals surface area contributed by atoms with Gasteiger partial charge in [0.15, 0.2) is 0 Å². The number of nitrogen functional groups attached to an aromatic ring is 1. The van der Waals surface area contributed by atoms with Crippen LogP contribution in [0, 0.1) is 5.92 Å². The maximum Gasteiger partial charge on any atom is 0.266 e. The molecule has 0 fully saturated rings. The molecule has 1 atom stereocenters. The number of benzene rings is 3. The molecule has 0 radical (unpaired) electrons. The Hall–Kier alpha value is -3.20. The van der Waals surface area contributed by atoms with E-state index < -0.39 is 16.1 Å². The lowest BCUT2D eigenvalue weighted by atomic mass is 10.0. The first-order valence-electron chi connectivity index (χ1n) is 10.8. The first-order chi connectivity index (χ1) is 16.2. The van der Waals surface area contributed by atoms with E-state index >= 15 is 0 Å². The van der Waals surface area contributed by atoms with Crippen LogP contribution in [-0.4, -0.2) is 18.0 Å². The summed E-state index contributed by atoms with van der Waals surface area (Å²) < 4.78 is 30.8. The maximum atomic E-state index is 13.6. The summed E-state index contributed by atoms with van der Waals surface area (Å²) in [5.74, 6) is 0.417. The third-order valence-electron chi connectivity index (χ3n) is 5.39. The molecule has 34 heavy (non-hydrogen) atoms. The Kier molecular flexibility index (Phi) is 6.74. The van der Waals surface area contributed by atoms with Gasteiger partial charge < -0.3 is 5.73 Å². The number of anilines is 1. The van der Waals surface area contributed by atoms with Gasteiger partial charge in [0, 0.05) is 10.7 Å². The number of para-hydroxylation sites is 1. The number of nitrogens with two attached hydrogens (primary N) is 1. The number of sulfonamides is 1. The van der Waals surface area contributed by atoms with E-state index in [2.05, 4.69) is 4.72 Å². The second-order valence-corrected chi connectivity index (χ2v) is 10.6. The monoisotopic (exact) mass is 496 g/mol. The molecule has 0 aliphatic heterocycles. The third kappa shape index (κ3) is 4.99. The molecule has 1 aromatic heterocycles. The van der Waals surface area contributed by atoms with Crippen molar-refractivity contribution in [1.82, 2.24) is 14.3 Å². The topological polar surface area (TPSA) is 107 Å². The van der Waals surface area contributed by atoms with Crippen LogP contribution in [0.3, 0.4) is 0 Å².